The molecule has 24 heavy (non-hydrogen) atoms. The number of benzene rings is 1. The number of ether oxygens (including phenoxy) is 1. The maximum absolute atomic E-state index is 10.5. The highest BCUT2D eigenvalue weighted by molar-refractivity contribution is 5.67. The number of hydrogen-bond donors (Lipinski definition) is 1. The first-order valence-corrected chi connectivity index (χ1v) is 9.05. The standard InChI is InChI=1S/C21H30O3/c1-2-3-4-5-6-7-8-9-10-17-24-18-20-13-11-19(12-14-20)15-16-21(22)23/h11-14H,2-8,15-18H2,1H3,(H,22,23). The zero-order valence-corrected chi connectivity index (χ0v) is 14.9. The highest BCUT2D eigenvalue weighted by atomic mass is 16.5. The quantitative estimate of drug-likeness (QED) is 0.434. The van der Waals surface area contributed by atoms with E-state index in [1.165, 1.54) is 38.5 Å². The minimum absolute atomic E-state index is 0.171. The molecule has 1 aromatic rings. The summed E-state index contributed by atoms with van der Waals surface area (Å²) in [6.45, 7) is 3.25. The fraction of sp³-hybridized carbons (Fsp3) is 0.571. The third-order valence-electron chi connectivity index (χ3n) is 3.87. The zero-order chi connectivity index (χ0) is 17.5. The van der Waals surface area contributed by atoms with E-state index in [-0.39, 0.29) is 6.42 Å². The van der Waals surface area contributed by atoms with Gasteiger partial charge in [-0.05, 0) is 24.0 Å². The van der Waals surface area contributed by atoms with Crippen LogP contribution in [0.5, 0.6) is 0 Å². The number of aryl methyl sites for hydroxylation is 1. The van der Waals surface area contributed by atoms with Gasteiger partial charge < -0.3 is 9.84 Å². The Morgan fingerprint density at radius 2 is 1.67 bits per heavy atom. The van der Waals surface area contributed by atoms with Gasteiger partial charge in [-0.3, -0.25) is 4.79 Å². The van der Waals surface area contributed by atoms with Crippen LogP contribution in [-0.4, -0.2) is 17.7 Å². The Morgan fingerprint density at radius 1 is 1.00 bits per heavy atom. The molecule has 0 aromatic heterocycles. The van der Waals surface area contributed by atoms with Crippen LogP contribution in [0.4, 0.5) is 0 Å². The SMILES string of the molecule is CCCCCCCCC#CCOCc1ccc(CCC(=O)O)cc1. The first-order valence-electron chi connectivity index (χ1n) is 9.05. The van der Waals surface area contributed by atoms with Gasteiger partial charge in [-0.1, -0.05) is 69.2 Å². The minimum atomic E-state index is -0.762. The van der Waals surface area contributed by atoms with Crippen LogP contribution in [0.2, 0.25) is 0 Å². The predicted molar refractivity (Wildman–Crippen MR) is 97.8 cm³/mol. The Hall–Kier alpha value is -1.79. The molecule has 0 radical (unpaired) electrons. The molecule has 0 heterocycles. The number of unbranched alkanes of at least 4 members (excludes halogenated alkanes) is 6. The first kappa shape index (κ1) is 20.3. The molecule has 3 nitrogen and oxygen atoms in total. The molecule has 0 saturated heterocycles. The molecule has 0 atom stereocenters. The van der Waals surface area contributed by atoms with Gasteiger partial charge in [0.15, 0.2) is 0 Å². The molecule has 1 aromatic carbocycles. The Morgan fingerprint density at radius 3 is 2.38 bits per heavy atom. The van der Waals surface area contributed by atoms with E-state index < -0.39 is 5.97 Å². The first-order chi connectivity index (χ1) is 11.7. The van der Waals surface area contributed by atoms with Gasteiger partial charge in [0.1, 0.15) is 6.61 Å². The molecule has 1 N–H and O–H groups in total. The van der Waals surface area contributed by atoms with Crippen molar-refractivity contribution in [2.24, 2.45) is 0 Å². The van der Waals surface area contributed by atoms with Gasteiger partial charge in [0, 0.05) is 12.8 Å². The number of carboxylic acids is 1. The number of aliphatic carboxylic acids is 1. The molecule has 0 bridgehead atoms. The molecular formula is C21H30O3. The van der Waals surface area contributed by atoms with Crippen molar-refractivity contribution in [3.8, 4) is 11.8 Å². The summed E-state index contributed by atoms with van der Waals surface area (Å²) < 4.78 is 5.55. The van der Waals surface area contributed by atoms with Crippen molar-refractivity contribution in [2.75, 3.05) is 6.61 Å². The van der Waals surface area contributed by atoms with E-state index in [1.807, 2.05) is 24.3 Å². The maximum atomic E-state index is 10.5. The molecule has 0 fully saturated rings. The lowest BCUT2D eigenvalue weighted by molar-refractivity contribution is -0.136. The Balaban J connectivity index is 2.06. The van der Waals surface area contributed by atoms with E-state index in [1.54, 1.807) is 0 Å². The molecule has 0 saturated carbocycles. The van der Waals surface area contributed by atoms with Gasteiger partial charge in [0.05, 0.1) is 6.61 Å². The molecule has 132 valence electrons. The molecular weight excluding hydrogens is 300 g/mol. The number of rotatable bonds is 12. The normalized spacial score (nSPS) is 10.2. The fourth-order valence-corrected chi connectivity index (χ4v) is 2.41. The van der Waals surface area contributed by atoms with Crippen LogP contribution in [0, 0.1) is 11.8 Å². The van der Waals surface area contributed by atoms with Gasteiger partial charge in [-0.2, -0.15) is 0 Å². The monoisotopic (exact) mass is 330 g/mol. The molecule has 3 heteroatoms. The predicted octanol–water partition coefficient (Wildman–Crippen LogP) is 4.97. The highest BCUT2D eigenvalue weighted by Crippen LogP contribution is 2.08. The molecule has 0 aliphatic rings. The second-order valence-electron chi connectivity index (χ2n) is 6.07. The van der Waals surface area contributed by atoms with Crippen LogP contribution >= 0.6 is 0 Å². The molecule has 0 amide bonds. The van der Waals surface area contributed by atoms with Crippen molar-refractivity contribution in [2.45, 2.75) is 71.3 Å². The number of hydrogen-bond acceptors (Lipinski definition) is 2. The molecule has 0 aliphatic carbocycles. The average molecular weight is 330 g/mol. The fourth-order valence-electron chi connectivity index (χ4n) is 2.41. The van der Waals surface area contributed by atoms with E-state index >= 15 is 0 Å². The van der Waals surface area contributed by atoms with E-state index in [0.29, 0.717) is 19.6 Å². The molecule has 0 spiro atoms. The van der Waals surface area contributed by atoms with Gasteiger partial charge in [0.2, 0.25) is 0 Å². The second-order valence-corrected chi connectivity index (χ2v) is 6.07. The summed E-state index contributed by atoms with van der Waals surface area (Å²) >= 11 is 0. The molecule has 0 unspecified atom stereocenters. The van der Waals surface area contributed by atoms with Crippen molar-refractivity contribution in [1.82, 2.24) is 0 Å². The van der Waals surface area contributed by atoms with Crippen molar-refractivity contribution in [1.29, 1.82) is 0 Å². The topological polar surface area (TPSA) is 46.5 Å². The van der Waals surface area contributed by atoms with Crippen molar-refractivity contribution < 1.29 is 14.6 Å². The summed E-state index contributed by atoms with van der Waals surface area (Å²) in [5.41, 5.74) is 2.13. The van der Waals surface area contributed by atoms with E-state index in [4.69, 9.17) is 9.84 Å². The van der Waals surface area contributed by atoms with Crippen LogP contribution in [0.3, 0.4) is 0 Å². The summed E-state index contributed by atoms with van der Waals surface area (Å²) in [7, 11) is 0. The highest BCUT2D eigenvalue weighted by Gasteiger charge is 1.99. The third-order valence-corrected chi connectivity index (χ3v) is 3.87. The van der Waals surface area contributed by atoms with Gasteiger partial charge in [-0.25, -0.2) is 0 Å². The molecule has 0 aliphatic heterocycles. The molecule has 1 rings (SSSR count). The van der Waals surface area contributed by atoms with Crippen molar-refractivity contribution in [3.63, 3.8) is 0 Å². The maximum Gasteiger partial charge on any atom is 0.303 e. The lowest BCUT2D eigenvalue weighted by Crippen LogP contribution is -1.98. The Bertz CT molecular complexity index is 508. The second kappa shape index (κ2) is 13.6. The lowest BCUT2D eigenvalue weighted by atomic mass is 10.1. The minimum Gasteiger partial charge on any atom is -0.481 e. The van der Waals surface area contributed by atoms with Crippen LogP contribution < -0.4 is 0 Å². The number of carboxylic acid groups (broad SMARTS) is 1. The van der Waals surface area contributed by atoms with Crippen LogP contribution in [0.15, 0.2) is 24.3 Å². The Kier molecular flexibility index (Phi) is 11.5. The van der Waals surface area contributed by atoms with Crippen molar-refractivity contribution in [3.05, 3.63) is 35.4 Å². The number of carbonyl (C=O) groups is 1. The van der Waals surface area contributed by atoms with Gasteiger partial charge >= 0.3 is 5.97 Å². The van der Waals surface area contributed by atoms with Crippen molar-refractivity contribution >= 4 is 5.97 Å². The van der Waals surface area contributed by atoms with E-state index in [2.05, 4.69) is 18.8 Å². The van der Waals surface area contributed by atoms with Crippen LogP contribution in [0.1, 0.15) is 69.4 Å². The van der Waals surface area contributed by atoms with E-state index in [0.717, 1.165) is 17.5 Å². The summed E-state index contributed by atoms with van der Waals surface area (Å²) in [5, 5.41) is 8.67. The lowest BCUT2D eigenvalue weighted by Gasteiger charge is -2.03. The summed E-state index contributed by atoms with van der Waals surface area (Å²) in [6, 6.07) is 7.90. The van der Waals surface area contributed by atoms with Crippen LogP contribution in [-0.2, 0) is 22.6 Å². The van der Waals surface area contributed by atoms with Gasteiger partial charge in [-0.15, -0.1) is 5.92 Å². The van der Waals surface area contributed by atoms with Crippen LogP contribution in [0.25, 0.3) is 0 Å². The summed E-state index contributed by atoms with van der Waals surface area (Å²) in [5.74, 6) is 5.47. The van der Waals surface area contributed by atoms with Gasteiger partial charge in [0.25, 0.3) is 0 Å². The summed E-state index contributed by atoms with van der Waals surface area (Å²) in [4.78, 5) is 10.5. The van der Waals surface area contributed by atoms with E-state index in [9.17, 15) is 4.79 Å². The average Bonchev–Trinajstić information content (AvgIpc) is 2.59. The largest absolute Gasteiger partial charge is 0.481 e. The third kappa shape index (κ3) is 10.9. The smallest absolute Gasteiger partial charge is 0.303 e. The summed E-state index contributed by atoms with van der Waals surface area (Å²) in [6.07, 6.45) is 9.50. The zero-order valence-electron chi connectivity index (χ0n) is 14.9. The Labute approximate surface area is 146 Å².